The SMILES string of the molecule is CCCCC(F)=Cc1ccc(-c2ccc(CCC)cc2)cc1F. The zero-order valence-corrected chi connectivity index (χ0v) is 13.9. The highest BCUT2D eigenvalue weighted by atomic mass is 19.1. The molecule has 2 heteroatoms. The molecule has 0 aliphatic rings. The van der Waals surface area contributed by atoms with E-state index < -0.39 is 0 Å². The summed E-state index contributed by atoms with van der Waals surface area (Å²) in [4.78, 5) is 0. The third-order valence-electron chi connectivity index (χ3n) is 3.91. The maximum Gasteiger partial charge on any atom is 0.131 e. The molecule has 2 aromatic rings. The fourth-order valence-electron chi connectivity index (χ4n) is 2.56. The third-order valence-corrected chi connectivity index (χ3v) is 3.91. The Hall–Kier alpha value is -1.96. The Morgan fingerprint density at radius 3 is 2.26 bits per heavy atom. The topological polar surface area (TPSA) is 0 Å². The van der Waals surface area contributed by atoms with Crippen molar-refractivity contribution in [2.75, 3.05) is 0 Å². The van der Waals surface area contributed by atoms with Crippen LogP contribution in [0.4, 0.5) is 8.78 Å². The van der Waals surface area contributed by atoms with Crippen LogP contribution < -0.4 is 0 Å². The Balaban J connectivity index is 2.18. The monoisotopic (exact) mass is 314 g/mol. The summed E-state index contributed by atoms with van der Waals surface area (Å²) in [6, 6.07) is 13.2. The number of allylic oxidation sites excluding steroid dienone is 1. The number of hydrogen-bond acceptors (Lipinski definition) is 0. The number of hydrogen-bond donors (Lipinski definition) is 0. The average Bonchev–Trinajstić information content (AvgIpc) is 2.56. The van der Waals surface area contributed by atoms with Crippen molar-refractivity contribution in [3.63, 3.8) is 0 Å². The summed E-state index contributed by atoms with van der Waals surface area (Å²) < 4.78 is 27.9. The number of rotatable bonds is 7. The highest BCUT2D eigenvalue weighted by Crippen LogP contribution is 2.24. The van der Waals surface area contributed by atoms with E-state index >= 15 is 0 Å². The lowest BCUT2D eigenvalue weighted by Crippen LogP contribution is -1.87. The summed E-state index contributed by atoms with van der Waals surface area (Å²) in [5.41, 5.74) is 3.39. The summed E-state index contributed by atoms with van der Waals surface area (Å²) in [6.07, 6.45) is 5.55. The van der Waals surface area contributed by atoms with Gasteiger partial charge in [-0.3, -0.25) is 0 Å². The van der Waals surface area contributed by atoms with E-state index in [2.05, 4.69) is 19.1 Å². The minimum atomic E-state index is -0.383. The van der Waals surface area contributed by atoms with Gasteiger partial charge in [-0.15, -0.1) is 0 Å². The molecule has 0 nitrogen and oxygen atoms in total. The van der Waals surface area contributed by atoms with Gasteiger partial charge in [0.25, 0.3) is 0 Å². The molecule has 0 saturated carbocycles. The molecule has 0 radical (unpaired) electrons. The van der Waals surface area contributed by atoms with Crippen molar-refractivity contribution in [2.45, 2.75) is 46.0 Å². The Bertz CT molecular complexity index is 654. The van der Waals surface area contributed by atoms with Crippen LogP contribution in [0.25, 0.3) is 17.2 Å². The first-order valence-electron chi connectivity index (χ1n) is 8.39. The van der Waals surface area contributed by atoms with E-state index in [1.54, 1.807) is 6.07 Å². The molecule has 0 aromatic heterocycles. The van der Waals surface area contributed by atoms with E-state index in [0.29, 0.717) is 12.0 Å². The zero-order valence-electron chi connectivity index (χ0n) is 13.9. The predicted octanol–water partition coefficient (Wildman–Crippen LogP) is 6.95. The van der Waals surface area contributed by atoms with Crippen LogP contribution in [-0.4, -0.2) is 0 Å². The normalized spacial score (nSPS) is 11.7. The Morgan fingerprint density at radius 2 is 1.65 bits per heavy atom. The van der Waals surface area contributed by atoms with E-state index in [4.69, 9.17) is 0 Å². The first-order valence-corrected chi connectivity index (χ1v) is 8.39. The van der Waals surface area contributed by atoms with Gasteiger partial charge < -0.3 is 0 Å². The number of aryl methyl sites for hydroxylation is 1. The first kappa shape index (κ1) is 17.4. The standard InChI is InChI=1S/C21H24F2/c1-3-5-7-20(22)14-19-13-12-18(15-21(19)23)17-10-8-16(6-4-2)9-11-17/h8-15H,3-7H2,1-2H3. The highest BCUT2D eigenvalue weighted by Gasteiger charge is 2.05. The minimum Gasteiger partial charge on any atom is -0.212 e. The summed E-state index contributed by atoms with van der Waals surface area (Å²) in [5.74, 6) is -0.644. The second kappa shape index (κ2) is 8.61. The summed E-state index contributed by atoms with van der Waals surface area (Å²) in [5, 5.41) is 0. The summed E-state index contributed by atoms with van der Waals surface area (Å²) >= 11 is 0. The van der Waals surface area contributed by atoms with Gasteiger partial charge in [0.15, 0.2) is 0 Å². The lowest BCUT2D eigenvalue weighted by molar-refractivity contribution is 0.575. The summed E-state index contributed by atoms with van der Waals surface area (Å²) in [7, 11) is 0. The van der Waals surface area contributed by atoms with Crippen molar-refractivity contribution in [2.24, 2.45) is 0 Å². The van der Waals surface area contributed by atoms with E-state index in [1.807, 2.05) is 25.1 Å². The molecule has 0 aliphatic heterocycles. The van der Waals surface area contributed by atoms with Crippen molar-refractivity contribution in [3.05, 3.63) is 65.2 Å². The molecule has 122 valence electrons. The van der Waals surface area contributed by atoms with Gasteiger partial charge in [0, 0.05) is 5.56 Å². The van der Waals surface area contributed by atoms with Crippen LogP contribution in [0.15, 0.2) is 48.3 Å². The lowest BCUT2D eigenvalue weighted by Gasteiger charge is -2.06. The van der Waals surface area contributed by atoms with E-state index in [1.165, 1.54) is 17.7 Å². The Labute approximate surface area is 137 Å². The van der Waals surface area contributed by atoms with E-state index in [9.17, 15) is 8.78 Å². The molecule has 0 atom stereocenters. The second-order valence-electron chi connectivity index (χ2n) is 5.88. The van der Waals surface area contributed by atoms with Crippen LogP contribution in [-0.2, 0) is 6.42 Å². The number of benzene rings is 2. The second-order valence-corrected chi connectivity index (χ2v) is 5.88. The van der Waals surface area contributed by atoms with Crippen LogP contribution >= 0.6 is 0 Å². The van der Waals surface area contributed by atoms with Crippen molar-refractivity contribution in [1.29, 1.82) is 0 Å². The fraction of sp³-hybridized carbons (Fsp3) is 0.333. The molecule has 0 unspecified atom stereocenters. The quantitative estimate of drug-likeness (QED) is 0.519. The molecule has 0 heterocycles. The van der Waals surface area contributed by atoms with Crippen molar-refractivity contribution in [1.82, 2.24) is 0 Å². The van der Waals surface area contributed by atoms with Crippen LogP contribution in [0.3, 0.4) is 0 Å². The van der Waals surface area contributed by atoms with Crippen LogP contribution in [0.1, 0.15) is 50.7 Å². The van der Waals surface area contributed by atoms with Gasteiger partial charge in [0.2, 0.25) is 0 Å². The molecule has 0 aliphatic carbocycles. The van der Waals surface area contributed by atoms with Gasteiger partial charge in [-0.25, -0.2) is 8.78 Å². The molecule has 2 rings (SSSR count). The molecule has 2 aromatic carbocycles. The Kier molecular flexibility index (Phi) is 6.52. The van der Waals surface area contributed by atoms with Gasteiger partial charge >= 0.3 is 0 Å². The van der Waals surface area contributed by atoms with Crippen molar-refractivity contribution < 1.29 is 8.78 Å². The smallest absolute Gasteiger partial charge is 0.131 e. The predicted molar refractivity (Wildman–Crippen MR) is 94.4 cm³/mol. The van der Waals surface area contributed by atoms with Crippen molar-refractivity contribution in [3.8, 4) is 11.1 Å². The molecular formula is C21H24F2. The van der Waals surface area contributed by atoms with Crippen LogP contribution in [0.5, 0.6) is 0 Å². The van der Waals surface area contributed by atoms with Gasteiger partial charge in [0.05, 0.1) is 0 Å². The van der Waals surface area contributed by atoms with E-state index in [0.717, 1.165) is 36.8 Å². The molecule has 0 fully saturated rings. The molecule has 0 amide bonds. The van der Waals surface area contributed by atoms with Gasteiger partial charge in [-0.05, 0) is 48.1 Å². The Morgan fingerprint density at radius 1 is 0.957 bits per heavy atom. The number of halogens is 2. The molecular weight excluding hydrogens is 290 g/mol. The minimum absolute atomic E-state index is 0.262. The fourth-order valence-corrected chi connectivity index (χ4v) is 2.56. The third kappa shape index (κ3) is 5.02. The lowest BCUT2D eigenvalue weighted by atomic mass is 10.0. The molecule has 0 N–H and O–H groups in total. The molecule has 23 heavy (non-hydrogen) atoms. The molecule has 0 spiro atoms. The average molecular weight is 314 g/mol. The summed E-state index contributed by atoms with van der Waals surface area (Å²) in [6.45, 7) is 4.16. The van der Waals surface area contributed by atoms with Gasteiger partial charge in [-0.2, -0.15) is 0 Å². The largest absolute Gasteiger partial charge is 0.212 e. The van der Waals surface area contributed by atoms with Crippen LogP contribution in [0.2, 0.25) is 0 Å². The first-order chi connectivity index (χ1) is 11.1. The molecule has 0 saturated heterocycles. The van der Waals surface area contributed by atoms with Crippen molar-refractivity contribution >= 4 is 6.08 Å². The van der Waals surface area contributed by atoms with E-state index in [-0.39, 0.29) is 11.6 Å². The molecule has 0 bridgehead atoms. The maximum absolute atomic E-state index is 14.2. The van der Waals surface area contributed by atoms with Gasteiger partial charge in [0.1, 0.15) is 11.6 Å². The van der Waals surface area contributed by atoms with Gasteiger partial charge in [-0.1, -0.05) is 63.1 Å². The highest BCUT2D eigenvalue weighted by molar-refractivity contribution is 5.66. The maximum atomic E-state index is 14.2. The zero-order chi connectivity index (χ0) is 16.7. The number of unbranched alkanes of at least 4 members (excludes halogenated alkanes) is 1. The van der Waals surface area contributed by atoms with Crippen LogP contribution in [0, 0.1) is 5.82 Å².